The van der Waals surface area contributed by atoms with Crippen molar-refractivity contribution in [2.75, 3.05) is 25.5 Å². The van der Waals surface area contributed by atoms with Gasteiger partial charge < -0.3 is 15.2 Å². The zero-order valence-corrected chi connectivity index (χ0v) is 11.3. The van der Waals surface area contributed by atoms with Crippen LogP contribution < -0.4 is 10.2 Å². The second-order valence-corrected chi connectivity index (χ2v) is 4.67. The quantitative estimate of drug-likeness (QED) is 0.861. The van der Waals surface area contributed by atoms with Gasteiger partial charge in [0.05, 0.1) is 0 Å². The van der Waals surface area contributed by atoms with Gasteiger partial charge in [0, 0.05) is 44.3 Å². The first-order valence-electron chi connectivity index (χ1n) is 6.34. The summed E-state index contributed by atoms with van der Waals surface area (Å²) in [4.78, 5) is 16.9. The molecule has 0 atom stereocenters. The molecule has 0 fully saturated rings. The Balaban J connectivity index is 1.85. The zero-order chi connectivity index (χ0) is 13.7. The summed E-state index contributed by atoms with van der Waals surface area (Å²) >= 11 is 0. The Morgan fingerprint density at radius 2 is 1.95 bits per heavy atom. The molecule has 0 spiro atoms. The van der Waals surface area contributed by atoms with Gasteiger partial charge in [-0.25, -0.2) is 0 Å². The lowest BCUT2D eigenvalue weighted by Gasteiger charge is -2.12. The minimum absolute atomic E-state index is 0.0270. The molecule has 1 heterocycles. The van der Waals surface area contributed by atoms with E-state index in [4.69, 9.17) is 0 Å². The Kier molecular flexibility index (Phi) is 4.23. The molecule has 0 aliphatic carbocycles. The molecule has 1 aromatic carbocycles. The Labute approximate surface area is 113 Å². The fourth-order valence-corrected chi connectivity index (χ4v) is 1.85. The molecule has 0 radical (unpaired) electrons. The van der Waals surface area contributed by atoms with Crippen molar-refractivity contribution in [2.24, 2.45) is 0 Å². The average Bonchev–Trinajstić information content (AvgIpc) is 2.92. The first kappa shape index (κ1) is 13.2. The first-order chi connectivity index (χ1) is 9.16. The lowest BCUT2D eigenvalue weighted by atomic mass is 10.2. The number of nitrogens with zero attached hydrogens (tertiary/aromatic N) is 1. The van der Waals surface area contributed by atoms with Crippen LogP contribution in [0.15, 0.2) is 42.7 Å². The van der Waals surface area contributed by atoms with E-state index >= 15 is 0 Å². The van der Waals surface area contributed by atoms with Crippen LogP contribution >= 0.6 is 0 Å². The zero-order valence-electron chi connectivity index (χ0n) is 11.3. The normalized spacial score (nSPS) is 10.2. The number of hydrogen-bond acceptors (Lipinski definition) is 2. The molecule has 100 valence electrons. The monoisotopic (exact) mass is 257 g/mol. The van der Waals surface area contributed by atoms with Crippen molar-refractivity contribution >= 4 is 11.6 Å². The Hall–Kier alpha value is -2.23. The van der Waals surface area contributed by atoms with Gasteiger partial charge in [0.15, 0.2) is 0 Å². The van der Waals surface area contributed by atoms with Crippen molar-refractivity contribution < 1.29 is 4.79 Å². The van der Waals surface area contributed by atoms with Gasteiger partial charge >= 0.3 is 0 Å². The van der Waals surface area contributed by atoms with Gasteiger partial charge in [0.1, 0.15) is 0 Å². The van der Waals surface area contributed by atoms with Gasteiger partial charge in [-0.1, -0.05) is 0 Å². The molecule has 4 nitrogen and oxygen atoms in total. The predicted molar refractivity (Wildman–Crippen MR) is 77.6 cm³/mol. The van der Waals surface area contributed by atoms with Crippen molar-refractivity contribution in [3.63, 3.8) is 0 Å². The largest absolute Gasteiger partial charge is 0.378 e. The van der Waals surface area contributed by atoms with Gasteiger partial charge in [-0.3, -0.25) is 4.79 Å². The maximum atomic E-state index is 11.9. The summed E-state index contributed by atoms with van der Waals surface area (Å²) in [5.41, 5.74) is 2.98. The summed E-state index contributed by atoms with van der Waals surface area (Å²) in [6.07, 6.45) is 4.67. The van der Waals surface area contributed by atoms with Gasteiger partial charge in [-0.05, 0) is 42.3 Å². The number of aromatic amines is 1. The summed E-state index contributed by atoms with van der Waals surface area (Å²) in [5, 5.41) is 2.92. The van der Waals surface area contributed by atoms with Crippen LogP contribution in [0.25, 0.3) is 0 Å². The third-order valence-corrected chi connectivity index (χ3v) is 3.01. The fourth-order valence-electron chi connectivity index (χ4n) is 1.85. The number of H-pyrrole nitrogens is 1. The van der Waals surface area contributed by atoms with E-state index in [0.717, 1.165) is 12.1 Å². The number of amides is 1. The smallest absolute Gasteiger partial charge is 0.251 e. The molecule has 0 aliphatic rings. The standard InChI is InChI=1S/C15H19N3O/c1-18(2)14-5-3-13(4-6-14)15(19)17-10-8-12-7-9-16-11-12/h3-7,9,11,16H,8,10H2,1-2H3,(H,17,19). The minimum Gasteiger partial charge on any atom is -0.378 e. The Morgan fingerprint density at radius 3 is 2.53 bits per heavy atom. The van der Waals surface area contributed by atoms with Gasteiger partial charge in [-0.2, -0.15) is 0 Å². The molecule has 0 saturated heterocycles. The lowest BCUT2D eigenvalue weighted by molar-refractivity contribution is 0.0954. The predicted octanol–water partition coefficient (Wildman–Crippen LogP) is 2.05. The number of hydrogen-bond donors (Lipinski definition) is 2. The van der Waals surface area contributed by atoms with Gasteiger partial charge in [0.2, 0.25) is 0 Å². The molecule has 2 aromatic rings. The maximum absolute atomic E-state index is 11.9. The molecule has 4 heteroatoms. The molecule has 0 aliphatic heterocycles. The third-order valence-electron chi connectivity index (χ3n) is 3.01. The summed E-state index contributed by atoms with van der Waals surface area (Å²) in [6.45, 7) is 0.645. The van der Waals surface area contributed by atoms with E-state index in [9.17, 15) is 4.79 Å². The number of anilines is 1. The van der Waals surface area contributed by atoms with Crippen LogP contribution in [0.2, 0.25) is 0 Å². The molecule has 2 N–H and O–H groups in total. The number of nitrogens with one attached hydrogen (secondary N) is 2. The van der Waals surface area contributed by atoms with Crippen molar-refractivity contribution in [3.05, 3.63) is 53.9 Å². The van der Waals surface area contributed by atoms with E-state index in [1.165, 1.54) is 5.56 Å². The van der Waals surface area contributed by atoms with Gasteiger partial charge in [0.25, 0.3) is 5.91 Å². The number of benzene rings is 1. The number of carbonyl (C=O) groups excluding carboxylic acids is 1. The number of carbonyl (C=O) groups is 1. The van der Waals surface area contributed by atoms with E-state index in [1.54, 1.807) is 0 Å². The molecule has 0 bridgehead atoms. The minimum atomic E-state index is -0.0270. The van der Waals surface area contributed by atoms with Crippen LogP contribution in [0.3, 0.4) is 0 Å². The third kappa shape index (κ3) is 3.61. The van der Waals surface area contributed by atoms with E-state index in [2.05, 4.69) is 10.3 Å². The summed E-state index contributed by atoms with van der Waals surface area (Å²) in [7, 11) is 3.96. The topological polar surface area (TPSA) is 48.1 Å². The second kappa shape index (κ2) is 6.09. The lowest BCUT2D eigenvalue weighted by Crippen LogP contribution is -2.25. The van der Waals surface area contributed by atoms with Crippen LogP contribution in [-0.2, 0) is 6.42 Å². The van der Waals surface area contributed by atoms with Crippen LogP contribution in [0.5, 0.6) is 0 Å². The number of rotatable bonds is 5. The highest BCUT2D eigenvalue weighted by Gasteiger charge is 2.05. The summed E-state index contributed by atoms with van der Waals surface area (Å²) in [6, 6.07) is 9.60. The Bertz CT molecular complexity index is 515. The van der Waals surface area contributed by atoms with Gasteiger partial charge in [-0.15, -0.1) is 0 Å². The molecular weight excluding hydrogens is 238 g/mol. The molecule has 2 rings (SSSR count). The first-order valence-corrected chi connectivity index (χ1v) is 6.34. The van der Waals surface area contributed by atoms with E-state index in [-0.39, 0.29) is 5.91 Å². The van der Waals surface area contributed by atoms with Crippen LogP contribution in [0.1, 0.15) is 15.9 Å². The molecule has 0 unspecified atom stereocenters. The summed E-state index contributed by atoms with van der Waals surface area (Å²) < 4.78 is 0. The fraction of sp³-hybridized carbons (Fsp3) is 0.267. The second-order valence-electron chi connectivity index (χ2n) is 4.67. The van der Waals surface area contributed by atoms with Crippen molar-refractivity contribution in [1.82, 2.24) is 10.3 Å². The molecule has 1 amide bonds. The van der Waals surface area contributed by atoms with Crippen LogP contribution in [-0.4, -0.2) is 31.5 Å². The van der Waals surface area contributed by atoms with Crippen LogP contribution in [0.4, 0.5) is 5.69 Å². The highest BCUT2D eigenvalue weighted by Crippen LogP contribution is 2.12. The highest BCUT2D eigenvalue weighted by molar-refractivity contribution is 5.94. The van der Waals surface area contributed by atoms with E-state index in [0.29, 0.717) is 12.1 Å². The van der Waals surface area contributed by atoms with Crippen molar-refractivity contribution in [3.8, 4) is 0 Å². The Morgan fingerprint density at radius 1 is 1.21 bits per heavy atom. The SMILES string of the molecule is CN(C)c1ccc(C(=O)NCCc2cc[nH]c2)cc1. The molecule has 19 heavy (non-hydrogen) atoms. The summed E-state index contributed by atoms with van der Waals surface area (Å²) in [5.74, 6) is -0.0270. The molecule has 1 aromatic heterocycles. The molecular formula is C15H19N3O. The number of aromatic nitrogens is 1. The van der Waals surface area contributed by atoms with Crippen molar-refractivity contribution in [1.29, 1.82) is 0 Å². The molecule has 0 saturated carbocycles. The van der Waals surface area contributed by atoms with E-state index < -0.39 is 0 Å². The highest BCUT2D eigenvalue weighted by atomic mass is 16.1. The average molecular weight is 257 g/mol. The van der Waals surface area contributed by atoms with Crippen molar-refractivity contribution in [2.45, 2.75) is 6.42 Å². The van der Waals surface area contributed by atoms with E-state index in [1.807, 2.05) is 61.7 Å². The van der Waals surface area contributed by atoms with Crippen LogP contribution in [0, 0.1) is 0 Å². The maximum Gasteiger partial charge on any atom is 0.251 e.